The van der Waals surface area contributed by atoms with E-state index < -0.39 is 17.5 Å². The highest BCUT2D eigenvalue weighted by atomic mass is 19.4. The fourth-order valence-corrected chi connectivity index (χ4v) is 4.93. The molecule has 3 heterocycles. The van der Waals surface area contributed by atoms with Crippen molar-refractivity contribution < 1.29 is 27.8 Å². The number of fused-ring (bicyclic) bond motifs is 1. The molecule has 0 aliphatic carbocycles. The summed E-state index contributed by atoms with van der Waals surface area (Å²) in [6.45, 7) is 4.28. The fraction of sp³-hybridized carbons (Fsp3) is 0.333. The zero-order valence-electron chi connectivity index (χ0n) is 21.1. The van der Waals surface area contributed by atoms with Crippen LogP contribution in [0.1, 0.15) is 41.3 Å². The molecule has 2 aromatic heterocycles. The number of aromatic hydroxyl groups is 1. The summed E-state index contributed by atoms with van der Waals surface area (Å²) in [5, 5.41) is 15.0. The third-order valence-electron chi connectivity index (χ3n) is 6.89. The first-order valence-corrected chi connectivity index (χ1v) is 12.1. The molecular formula is C27H26F3N5O3. The molecule has 11 heteroatoms. The summed E-state index contributed by atoms with van der Waals surface area (Å²) in [7, 11) is 1.60. The van der Waals surface area contributed by atoms with Gasteiger partial charge in [-0.25, -0.2) is 9.97 Å². The Hall–Kier alpha value is -4.15. The molecule has 1 N–H and O–H groups in total. The van der Waals surface area contributed by atoms with Gasteiger partial charge in [-0.1, -0.05) is 12.1 Å². The van der Waals surface area contributed by atoms with Crippen LogP contribution >= 0.6 is 0 Å². The number of piperidine rings is 1. The van der Waals surface area contributed by atoms with Crippen LogP contribution in [0.15, 0.2) is 42.6 Å². The first-order valence-electron chi connectivity index (χ1n) is 12.1. The normalized spacial score (nSPS) is 16.3. The van der Waals surface area contributed by atoms with Crippen molar-refractivity contribution in [1.82, 2.24) is 24.6 Å². The molecular weight excluding hydrogens is 499 g/mol. The molecule has 1 aliphatic rings. The van der Waals surface area contributed by atoms with Gasteiger partial charge in [0, 0.05) is 25.1 Å². The number of aromatic nitrogens is 4. The number of amides is 1. The minimum absolute atomic E-state index is 0.0678. The molecule has 8 nitrogen and oxygen atoms in total. The zero-order chi connectivity index (χ0) is 27.2. The Morgan fingerprint density at radius 3 is 2.55 bits per heavy atom. The molecule has 0 radical (unpaired) electrons. The summed E-state index contributed by atoms with van der Waals surface area (Å²) in [5.41, 5.74) is 2.32. The van der Waals surface area contributed by atoms with Gasteiger partial charge in [0.15, 0.2) is 0 Å². The standard InChI is InChI=1S/C27H26F3N5O3/c1-15-10-18(27(28,29)30)11-22(36)24(15)21-12-31-25-16(2)35(33-26(25)32-21)19-6-9-23(37)34(14-19)13-17-4-7-20(38-3)8-5-17/h4-5,7-8,10-12,19,36H,6,9,13-14H2,1-3H3/t19-/m0/s1. The Morgan fingerprint density at radius 1 is 1.16 bits per heavy atom. The molecule has 4 aromatic rings. The van der Waals surface area contributed by atoms with Crippen molar-refractivity contribution >= 4 is 17.1 Å². The van der Waals surface area contributed by atoms with E-state index in [4.69, 9.17) is 4.74 Å². The topological polar surface area (TPSA) is 93.4 Å². The predicted molar refractivity (Wildman–Crippen MR) is 134 cm³/mol. The van der Waals surface area contributed by atoms with Crippen molar-refractivity contribution in [1.29, 1.82) is 0 Å². The van der Waals surface area contributed by atoms with E-state index in [1.165, 1.54) is 13.1 Å². The van der Waals surface area contributed by atoms with Gasteiger partial charge < -0.3 is 14.7 Å². The van der Waals surface area contributed by atoms with Crippen LogP contribution in [0.3, 0.4) is 0 Å². The molecule has 1 amide bonds. The van der Waals surface area contributed by atoms with Crippen molar-refractivity contribution in [2.24, 2.45) is 0 Å². The lowest BCUT2D eigenvalue weighted by molar-refractivity contribution is -0.138. The SMILES string of the molecule is COc1ccc(CN2C[C@@H](n3nc4nc(-c5c(C)cc(C(F)(F)F)cc5O)cnc4c3C)CCC2=O)cc1. The number of phenolic OH excluding ortho intramolecular Hbond substituents is 1. The Morgan fingerprint density at radius 2 is 1.89 bits per heavy atom. The van der Waals surface area contributed by atoms with E-state index in [0.717, 1.165) is 23.1 Å². The number of hydrogen-bond acceptors (Lipinski definition) is 6. The van der Waals surface area contributed by atoms with Crippen LogP contribution in [0, 0.1) is 13.8 Å². The Labute approximate surface area is 216 Å². The lowest BCUT2D eigenvalue weighted by Crippen LogP contribution is -2.40. The van der Waals surface area contributed by atoms with Gasteiger partial charge in [-0.3, -0.25) is 9.48 Å². The number of hydrogen-bond donors (Lipinski definition) is 1. The van der Waals surface area contributed by atoms with Crippen LogP contribution in [0.5, 0.6) is 11.5 Å². The molecule has 1 fully saturated rings. The quantitative estimate of drug-likeness (QED) is 0.385. The van der Waals surface area contributed by atoms with Gasteiger partial charge >= 0.3 is 6.18 Å². The van der Waals surface area contributed by atoms with E-state index >= 15 is 0 Å². The smallest absolute Gasteiger partial charge is 0.416 e. The number of carbonyl (C=O) groups is 1. The van der Waals surface area contributed by atoms with Crippen molar-refractivity contribution in [3.05, 3.63) is 65.0 Å². The van der Waals surface area contributed by atoms with E-state index in [9.17, 15) is 23.1 Å². The number of methoxy groups -OCH3 is 1. The first-order chi connectivity index (χ1) is 18.0. The van der Waals surface area contributed by atoms with Crippen LogP contribution in [-0.4, -0.2) is 49.3 Å². The lowest BCUT2D eigenvalue weighted by Gasteiger charge is -2.33. The van der Waals surface area contributed by atoms with E-state index in [1.807, 2.05) is 35.9 Å². The largest absolute Gasteiger partial charge is 0.507 e. The fourth-order valence-electron chi connectivity index (χ4n) is 4.93. The summed E-state index contributed by atoms with van der Waals surface area (Å²) >= 11 is 0. The number of benzene rings is 2. The maximum Gasteiger partial charge on any atom is 0.416 e. The van der Waals surface area contributed by atoms with Crippen molar-refractivity contribution in [2.45, 2.75) is 45.5 Å². The van der Waals surface area contributed by atoms with Crippen LogP contribution in [-0.2, 0) is 17.5 Å². The van der Waals surface area contributed by atoms with E-state index in [2.05, 4.69) is 15.1 Å². The number of rotatable bonds is 5. The maximum atomic E-state index is 13.1. The van der Waals surface area contributed by atoms with Gasteiger partial charge in [0.25, 0.3) is 0 Å². The molecule has 198 valence electrons. The van der Waals surface area contributed by atoms with Crippen molar-refractivity contribution in [3.8, 4) is 22.8 Å². The Balaban J connectivity index is 1.43. The van der Waals surface area contributed by atoms with Gasteiger partial charge in [0.05, 0.1) is 36.3 Å². The number of carbonyl (C=O) groups excluding carboxylic acids is 1. The highest BCUT2D eigenvalue weighted by Gasteiger charge is 2.33. The van der Waals surface area contributed by atoms with Gasteiger partial charge in [-0.05, 0) is 55.7 Å². The summed E-state index contributed by atoms with van der Waals surface area (Å²) in [5.74, 6) is 0.287. The highest BCUT2D eigenvalue weighted by molar-refractivity contribution is 5.79. The predicted octanol–water partition coefficient (Wildman–Crippen LogP) is 5.21. The Bertz CT molecular complexity index is 1490. The van der Waals surface area contributed by atoms with Crippen LogP contribution < -0.4 is 4.74 Å². The summed E-state index contributed by atoms with van der Waals surface area (Å²) in [6, 6.07) is 9.14. The Kier molecular flexibility index (Phi) is 6.46. The number of aryl methyl sites for hydroxylation is 2. The van der Waals surface area contributed by atoms with Crippen LogP contribution in [0.4, 0.5) is 13.2 Å². The zero-order valence-corrected chi connectivity index (χ0v) is 21.1. The highest BCUT2D eigenvalue weighted by Crippen LogP contribution is 2.39. The molecule has 0 bridgehead atoms. The molecule has 1 saturated heterocycles. The number of phenols is 1. The van der Waals surface area contributed by atoms with Crippen molar-refractivity contribution in [2.75, 3.05) is 13.7 Å². The summed E-state index contributed by atoms with van der Waals surface area (Å²) in [6.07, 6.45) is -2.16. The minimum atomic E-state index is -4.57. The van der Waals surface area contributed by atoms with E-state index in [-0.39, 0.29) is 28.8 Å². The number of nitrogens with zero attached hydrogens (tertiary/aromatic N) is 5. The number of halogens is 3. The molecule has 0 saturated carbocycles. The third kappa shape index (κ3) is 4.75. The monoisotopic (exact) mass is 525 g/mol. The molecule has 0 spiro atoms. The van der Waals surface area contributed by atoms with Gasteiger partial charge in [0.1, 0.15) is 17.0 Å². The molecule has 1 aliphatic heterocycles. The van der Waals surface area contributed by atoms with Gasteiger partial charge in [0.2, 0.25) is 11.6 Å². The van der Waals surface area contributed by atoms with Gasteiger partial charge in [-0.15, -0.1) is 5.10 Å². The number of alkyl halides is 3. The lowest BCUT2D eigenvalue weighted by atomic mass is 10.0. The third-order valence-corrected chi connectivity index (χ3v) is 6.89. The molecule has 38 heavy (non-hydrogen) atoms. The average molecular weight is 526 g/mol. The second-order valence-electron chi connectivity index (χ2n) is 9.46. The minimum Gasteiger partial charge on any atom is -0.507 e. The molecule has 2 aromatic carbocycles. The molecule has 0 unspecified atom stereocenters. The van der Waals surface area contributed by atoms with E-state index in [0.29, 0.717) is 43.2 Å². The maximum absolute atomic E-state index is 13.1. The first kappa shape index (κ1) is 25.5. The second-order valence-corrected chi connectivity index (χ2v) is 9.46. The second kappa shape index (κ2) is 9.62. The van der Waals surface area contributed by atoms with Gasteiger partial charge in [-0.2, -0.15) is 13.2 Å². The van der Waals surface area contributed by atoms with Crippen LogP contribution in [0.25, 0.3) is 22.4 Å². The molecule has 5 rings (SSSR count). The summed E-state index contributed by atoms with van der Waals surface area (Å²) < 4.78 is 46.4. The number of ether oxygens (including phenoxy) is 1. The van der Waals surface area contributed by atoms with E-state index in [1.54, 1.807) is 12.0 Å². The molecule has 1 atom stereocenters. The average Bonchev–Trinajstić information content (AvgIpc) is 3.20. The van der Waals surface area contributed by atoms with Crippen molar-refractivity contribution in [3.63, 3.8) is 0 Å². The van der Waals surface area contributed by atoms with Crippen LogP contribution in [0.2, 0.25) is 0 Å². The number of likely N-dealkylation sites (tertiary alicyclic amines) is 1. The summed E-state index contributed by atoms with van der Waals surface area (Å²) in [4.78, 5) is 23.5.